The molecule has 3 nitrogen and oxygen atoms in total. The predicted molar refractivity (Wildman–Crippen MR) is 85.1 cm³/mol. The van der Waals surface area contributed by atoms with E-state index in [1.54, 1.807) is 0 Å². The van der Waals surface area contributed by atoms with Gasteiger partial charge in [0, 0.05) is 35.9 Å². The second-order valence-corrected chi connectivity index (χ2v) is 5.94. The van der Waals surface area contributed by atoms with Gasteiger partial charge in [-0.15, -0.1) is 0 Å². The highest BCUT2D eigenvalue weighted by Crippen LogP contribution is 2.31. The zero-order valence-corrected chi connectivity index (χ0v) is 13.5. The molecule has 0 saturated carbocycles. The van der Waals surface area contributed by atoms with Gasteiger partial charge in [0.05, 0.1) is 5.69 Å². The first kappa shape index (κ1) is 15.1. The fourth-order valence-electron chi connectivity index (χ4n) is 2.43. The zero-order chi connectivity index (χ0) is 14.9. The van der Waals surface area contributed by atoms with Crippen molar-refractivity contribution in [1.82, 2.24) is 15.1 Å². The van der Waals surface area contributed by atoms with Crippen LogP contribution in [-0.2, 0) is 13.6 Å². The molecule has 0 spiro atoms. The molecule has 0 bridgehead atoms. The minimum Gasteiger partial charge on any atom is -0.310 e. The largest absolute Gasteiger partial charge is 0.310 e. The topological polar surface area (TPSA) is 29.9 Å². The van der Waals surface area contributed by atoms with Crippen molar-refractivity contribution in [2.45, 2.75) is 40.3 Å². The Hall–Kier alpha value is -1.32. The van der Waals surface area contributed by atoms with Crippen LogP contribution >= 0.6 is 11.6 Å². The Bertz CT molecular complexity index is 614. The van der Waals surface area contributed by atoms with Crippen LogP contribution in [0.15, 0.2) is 18.2 Å². The number of nitrogens with zero attached hydrogens (tertiary/aromatic N) is 2. The average Bonchev–Trinajstić information content (AvgIpc) is 2.62. The Balaban J connectivity index is 2.50. The van der Waals surface area contributed by atoms with Crippen molar-refractivity contribution in [3.8, 4) is 11.1 Å². The Labute approximate surface area is 126 Å². The maximum atomic E-state index is 6.16. The molecule has 0 fully saturated rings. The Morgan fingerprint density at radius 2 is 2.00 bits per heavy atom. The third kappa shape index (κ3) is 3.05. The lowest BCUT2D eigenvalue weighted by atomic mass is 9.98. The van der Waals surface area contributed by atoms with Crippen molar-refractivity contribution in [3.05, 3.63) is 40.2 Å². The predicted octanol–water partition coefficient (Wildman–Crippen LogP) is 3.86. The molecule has 0 aliphatic heterocycles. The van der Waals surface area contributed by atoms with Gasteiger partial charge in [0.1, 0.15) is 0 Å². The molecular weight excluding hydrogens is 270 g/mol. The summed E-state index contributed by atoms with van der Waals surface area (Å²) in [5.74, 6) is 0. The number of aryl methyl sites for hydroxylation is 2. The number of aromatic nitrogens is 2. The second kappa shape index (κ2) is 5.98. The maximum absolute atomic E-state index is 6.16. The number of hydrogen-bond acceptors (Lipinski definition) is 2. The number of halogens is 1. The minimum absolute atomic E-state index is 0.443. The molecule has 1 N–H and O–H groups in total. The molecule has 1 aromatic heterocycles. The van der Waals surface area contributed by atoms with Crippen molar-refractivity contribution in [1.29, 1.82) is 0 Å². The molecule has 0 aliphatic rings. The van der Waals surface area contributed by atoms with Gasteiger partial charge in [-0.2, -0.15) is 5.10 Å². The number of benzene rings is 1. The van der Waals surface area contributed by atoms with Crippen LogP contribution in [0, 0.1) is 13.8 Å². The molecule has 0 saturated heterocycles. The molecule has 2 aromatic rings. The van der Waals surface area contributed by atoms with Crippen LogP contribution in [0.4, 0.5) is 0 Å². The van der Waals surface area contributed by atoms with E-state index in [0.717, 1.165) is 17.3 Å². The highest BCUT2D eigenvalue weighted by atomic mass is 35.5. The molecule has 0 aliphatic carbocycles. The summed E-state index contributed by atoms with van der Waals surface area (Å²) in [5.41, 5.74) is 5.87. The summed E-state index contributed by atoms with van der Waals surface area (Å²) >= 11 is 6.16. The minimum atomic E-state index is 0.443. The van der Waals surface area contributed by atoms with Crippen molar-refractivity contribution in [2.24, 2.45) is 7.05 Å². The molecule has 0 amide bonds. The van der Waals surface area contributed by atoms with E-state index in [2.05, 4.69) is 44.2 Å². The van der Waals surface area contributed by atoms with Gasteiger partial charge < -0.3 is 5.32 Å². The highest BCUT2D eigenvalue weighted by Gasteiger charge is 2.15. The Kier molecular flexibility index (Phi) is 4.51. The van der Waals surface area contributed by atoms with Gasteiger partial charge in [0.15, 0.2) is 0 Å². The first-order chi connectivity index (χ1) is 9.40. The number of hydrogen-bond donors (Lipinski definition) is 1. The molecule has 0 atom stereocenters. The molecular formula is C16H22ClN3. The SMILES string of the molecule is Cc1nn(C)c(C)c1-c1ccc(Cl)cc1CNC(C)C. The summed E-state index contributed by atoms with van der Waals surface area (Å²) in [6, 6.07) is 6.52. The van der Waals surface area contributed by atoms with Crippen molar-refractivity contribution >= 4 is 11.6 Å². The molecule has 108 valence electrons. The Morgan fingerprint density at radius 3 is 2.55 bits per heavy atom. The molecule has 20 heavy (non-hydrogen) atoms. The van der Waals surface area contributed by atoms with Gasteiger partial charge in [0.25, 0.3) is 0 Å². The first-order valence-corrected chi connectivity index (χ1v) is 7.30. The molecule has 1 aromatic carbocycles. The van der Waals surface area contributed by atoms with Crippen LogP contribution in [0.2, 0.25) is 5.02 Å². The number of nitrogens with one attached hydrogen (secondary N) is 1. The average molecular weight is 292 g/mol. The van der Waals surface area contributed by atoms with E-state index in [-0.39, 0.29) is 0 Å². The quantitative estimate of drug-likeness (QED) is 0.927. The van der Waals surface area contributed by atoms with Crippen LogP contribution in [0.3, 0.4) is 0 Å². The lowest BCUT2D eigenvalue weighted by Gasteiger charge is -2.14. The lowest BCUT2D eigenvalue weighted by molar-refractivity contribution is 0.589. The summed E-state index contributed by atoms with van der Waals surface area (Å²) in [5, 5.41) is 8.74. The second-order valence-electron chi connectivity index (χ2n) is 5.51. The van der Waals surface area contributed by atoms with Crippen molar-refractivity contribution in [3.63, 3.8) is 0 Å². The van der Waals surface area contributed by atoms with Crippen LogP contribution in [0.5, 0.6) is 0 Å². The fraction of sp³-hybridized carbons (Fsp3) is 0.438. The monoisotopic (exact) mass is 291 g/mol. The van der Waals surface area contributed by atoms with Gasteiger partial charge in [-0.25, -0.2) is 0 Å². The standard InChI is InChI=1S/C16H22ClN3/c1-10(2)18-9-13-8-14(17)6-7-15(13)16-11(3)19-20(5)12(16)4/h6-8,10,18H,9H2,1-5H3. The van der Waals surface area contributed by atoms with Gasteiger partial charge in [0.2, 0.25) is 0 Å². The van der Waals surface area contributed by atoms with Crippen LogP contribution < -0.4 is 5.32 Å². The van der Waals surface area contributed by atoms with E-state index >= 15 is 0 Å². The normalized spacial score (nSPS) is 11.3. The maximum Gasteiger partial charge on any atom is 0.0674 e. The van der Waals surface area contributed by atoms with Gasteiger partial charge in [-0.05, 0) is 37.1 Å². The highest BCUT2D eigenvalue weighted by molar-refractivity contribution is 6.30. The van der Waals surface area contributed by atoms with Gasteiger partial charge >= 0.3 is 0 Å². The summed E-state index contributed by atoms with van der Waals surface area (Å²) < 4.78 is 1.93. The van der Waals surface area contributed by atoms with E-state index in [4.69, 9.17) is 11.6 Å². The molecule has 0 unspecified atom stereocenters. The molecule has 0 radical (unpaired) electrons. The van der Waals surface area contributed by atoms with E-state index in [9.17, 15) is 0 Å². The molecule has 4 heteroatoms. The van der Waals surface area contributed by atoms with Crippen LogP contribution in [-0.4, -0.2) is 15.8 Å². The number of rotatable bonds is 4. The van der Waals surface area contributed by atoms with E-state index < -0.39 is 0 Å². The van der Waals surface area contributed by atoms with Gasteiger partial charge in [-0.1, -0.05) is 31.5 Å². The van der Waals surface area contributed by atoms with Crippen molar-refractivity contribution < 1.29 is 0 Å². The third-order valence-electron chi connectivity index (χ3n) is 3.55. The summed E-state index contributed by atoms with van der Waals surface area (Å²) in [7, 11) is 1.98. The van der Waals surface area contributed by atoms with E-state index in [0.29, 0.717) is 6.04 Å². The lowest BCUT2D eigenvalue weighted by Crippen LogP contribution is -2.22. The smallest absolute Gasteiger partial charge is 0.0674 e. The third-order valence-corrected chi connectivity index (χ3v) is 3.78. The van der Waals surface area contributed by atoms with E-state index in [1.807, 2.05) is 23.9 Å². The summed E-state index contributed by atoms with van der Waals surface area (Å²) in [6.45, 7) is 9.25. The summed E-state index contributed by atoms with van der Waals surface area (Å²) in [4.78, 5) is 0. The van der Waals surface area contributed by atoms with E-state index in [1.165, 1.54) is 22.4 Å². The zero-order valence-electron chi connectivity index (χ0n) is 12.8. The first-order valence-electron chi connectivity index (χ1n) is 6.92. The van der Waals surface area contributed by atoms with Crippen molar-refractivity contribution in [2.75, 3.05) is 0 Å². The van der Waals surface area contributed by atoms with Gasteiger partial charge in [-0.3, -0.25) is 4.68 Å². The summed E-state index contributed by atoms with van der Waals surface area (Å²) in [6.07, 6.45) is 0. The Morgan fingerprint density at radius 1 is 1.30 bits per heavy atom. The fourth-order valence-corrected chi connectivity index (χ4v) is 2.62. The van der Waals surface area contributed by atoms with Crippen LogP contribution in [0.1, 0.15) is 30.8 Å². The molecule has 2 rings (SSSR count). The molecule has 1 heterocycles. The van der Waals surface area contributed by atoms with Crippen LogP contribution in [0.25, 0.3) is 11.1 Å².